The monoisotopic (exact) mass is 452 g/mol. The summed E-state index contributed by atoms with van der Waals surface area (Å²) < 4.78 is 11.1. The Hall–Kier alpha value is -4.08. The van der Waals surface area contributed by atoms with Gasteiger partial charge < -0.3 is 14.5 Å². The second-order valence-corrected chi connectivity index (χ2v) is 7.89. The normalized spacial score (nSPS) is 12.8. The van der Waals surface area contributed by atoms with Crippen molar-refractivity contribution in [3.63, 3.8) is 0 Å². The van der Waals surface area contributed by atoms with Crippen molar-refractivity contribution in [3.8, 4) is 11.5 Å². The first kappa shape index (κ1) is 23.6. The van der Waals surface area contributed by atoms with Gasteiger partial charge in [-0.1, -0.05) is 31.5 Å². The predicted octanol–water partition coefficient (Wildman–Crippen LogP) is 4.01. The molecule has 1 heterocycles. The smallest absolute Gasteiger partial charge is 0.329 e. The van der Waals surface area contributed by atoms with Crippen LogP contribution in [0.4, 0.5) is 5.69 Å². The average molecular weight is 452 g/mol. The molecule has 0 aliphatic rings. The largest absolute Gasteiger partial charge is 0.451 e. The summed E-state index contributed by atoms with van der Waals surface area (Å²) in [6.45, 7) is 7.05. The lowest BCUT2D eigenvalue weighted by Crippen LogP contribution is -2.45. The zero-order valence-corrected chi connectivity index (χ0v) is 18.6. The van der Waals surface area contributed by atoms with Crippen LogP contribution in [0.25, 0.3) is 11.5 Å². The molecule has 33 heavy (non-hydrogen) atoms. The number of aromatic nitrogens is 2. The summed E-state index contributed by atoms with van der Waals surface area (Å²) in [4.78, 5) is 35.7. The maximum absolute atomic E-state index is 12.8. The first-order valence-corrected chi connectivity index (χ1v) is 10.3. The van der Waals surface area contributed by atoms with Gasteiger partial charge >= 0.3 is 5.97 Å². The van der Waals surface area contributed by atoms with Gasteiger partial charge in [0.2, 0.25) is 5.89 Å². The van der Waals surface area contributed by atoms with Gasteiger partial charge in [-0.25, -0.2) is 4.79 Å². The van der Waals surface area contributed by atoms with Crippen molar-refractivity contribution in [1.29, 1.82) is 0 Å². The Morgan fingerprint density at radius 2 is 1.79 bits per heavy atom. The Balaban J connectivity index is 1.68. The van der Waals surface area contributed by atoms with Crippen LogP contribution in [0.5, 0.6) is 0 Å². The van der Waals surface area contributed by atoms with Gasteiger partial charge in [0, 0.05) is 23.3 Å². The minimum absolute atomic E-state index is 0.0595. The maximum atomic E-state index is 12.8. The summed E-state index contributed by atoms with van der Waals surface area (Å²) in [7, 11) is 0. The van der Waals surface area contributed by atoms with Crippen LogP contribution in [-0.4, -0.2) is 33.0 Å². The summed E-state index contributed by atoms with van der Waals surface area (Å²) in [5.74, 6) is -1.04. The number of carbonyl (C=O) groups is 2. The van der Waals surface area contributed by atoms with Gasteiger partial charge in [0.15, 0.2) is 6.10 Å². The number of nitro benzene ring substituents is 1. The van der Waals surface area contributed by atoms with Crippen molar-refractivity contribution in [2.75, 3.05) is 0 Å². The van der Waals surface area contributed by atoms with Crippen molar-refractivity contribution in [2.45, 2.75) is 39.8 Å². The molecule has 3 aromatic rings. The van der Waals surface area contributed by atoms with Crippen LogP contribution in [0.15, 0.2) is 52.9 Å². The zero-order chi connectivity index (χ0) is 24.1. The molecule has 1 amide bonds. The topological polar surface area (TPSA) is 137 Å². The van der Waals surface area contributed by atoms with Crippen molar-refractivity contribution >= 4 is 17.6 Å². The van der Waals surface area contributed by atoms with Gasteiger partial charge in [-0.05, 0) is 44.0 Å². The van der Waals surface area contributed by atoms with E-state index in [1.807, 2.05) is 13.0 Å². The summed E-state index contributed by atoms with van der Waals surface area (Å²) in [5.41, 5.74) is 1.81. The predicted molar refractivity (Wildman–Crippen MR) is 118 cm³/mol. The van der Waals surface area contributed by atoms with E-state index in [1.54, 1.807) is 39.0 Å². The SMILES string of the molecule is Cc1cccc(C(=O)N[C@H](C(=O)OC(C)c2nnc(-c3ccc([N+](=O)[O-])cc3)o2)C(C)C)c1. The second-order valence-electron chi connectivity index (χ2n) is 7.89. The number of hydrogen-bond acceptors (Lipinski definition) is 8. The molecule has 1 unspecified atom stereocenters. The number of nitrogens with one attached hydrogen (secondary N) is 1. The van der Waals surface area contributed by atoms with E-state index in [2.05, 4.69) is 15.5 Å². The third-order valence-corrected chi connectivity index (χ3v) is 4.89. The lowest BCUT2D eigenvalue weighted by atomic mass is 10.0. The first-order chi connectivity index (χ1) is 15.7. The van der Waals surface area contributed by atoms with Gasteiger partial charge in [0.25, 0.3) is 17.5 Å². The fourth-order valence-corrected chi connectivity index (χ4v) is 3.05. The molecule has 0 aliphatic heterocycles. The first-order valence-electron chi connectivity index (χ1n) is 10.3. The number of nitro groups is 1. The number of non-ortho nitro benzene ring substituents is 1. The molecule has 3 rings (SSSR count). The minimum atomic E-state index is -0.877. The van der Waals surface area contributed by atoms with Crippen molar-refractivity contribution in [2.24, 2.45) is 5.92 Å². The molecule has 1 N–H and O–H groups in total. The van der Waals surface area contributed by atoms with Gasteiger partial charge in [-0.2, -0.15) is 0 Å². The van der Waals surface area contributed by atoms with Crippen LogP contribution in [0.1, 0.15) is 48.7 Å². The molecule has 172 valence electrons. The minimum Gasteiger partial charge on any atom is -0.451 e. The van der Waals surface area contributed by atoms with E-state index in [0.29, 0.717) is 11.1 Å². The number of carbonyl (C=O) groups excluding carboxylic acids is 2. The Labute approximate surface area is 190 Å². The van der Waals surface area contributed by atoms with Crippen LogP contribution in [-0.2, 0) is 9.53 Å². The summed E-state index contributed by atoms with van der Waals surface area (Å²) in [5, 5.41) is 21.3. The number of benzene rings is 2. The molecule has 0 fully saturated rings. The standard InChI is InChI=1S/C23H24N4O6/c1-13(2)19(24-20(28)17-7-5-6-14(3)12-17)23(29)32-15(4)21-25-26-22(33-21)16-8-10-18(11-9-16)27(30)31/h5-13,15,19H,1-4H3,(H,24,28)/t15?,19-/m0/s1. The molecule has 0 bridgehead atoms. The van der Waals surface area contributed by atoms with E-state index in [0.717, 1.165) is 5.56 Å². The highest BCUT2D eigenvalue weighted by molar-refractivity contribution is 5.97. The van der Waals surface area contributed by atoms with Gasteiger partial charge in [0.05, 0.1) is 4.92 Å². The molecule has 1 aromatic heterocycles. The highest BCUT2D eigenvalue weighted by Gasteiger charge is 2.29. The van der Waals surface area contributed by atoms with Gasteiger partial charge in [-0.15, -0.1) is 10.2 Å². The fraction of sp³-hybridized carbons (Fsp3) is 0.304. The van der Waals surface area contributed by atoms with Crippen molar-refractivity contribution in [3.05, 3.63) is 75.7 Å². The van der Waals surface area contributed by atoms with E-state index in [1.165, 1.54) is 24.3 Å². The molecule has 0 saturated heterocycles. The summed E-state index contributed by atoms with van der Waals surface area (Å²) >= 11 is 0. The Kier molecular flexibility index (Phi) is 7.17. The van der Waals surface area contributed by atoms with Gasteiger partial charge in [0.1, 0.15) is 6.04 Å². The van der Waals surface area contributed by atoms with Gasteiger partial charge in [-0.3, -0.25) is 14.9 Å². The van der Waals surface area contributed by atoms with E-state index in [4.69, 9.17) is 9.15 Å². The maximum Gasteiger partial charge on any atom is 0.329 e. The van der Waals surface area contributed by atoms with Crippen LogP contribution in [0.3, 0.4) is 0 Å². The Morgan fingerprint density at radius 1 is 1.09 bits per heavy atom. The molecule has 0 saturated carbocycles. The molecule has 10 nitrogen and oxygen atoms in total. The molecule has 2 atom stereocenters. The lowest BCUT2D eigenvalue weighted by molar-refractivity contribution is -0.384. The van der Waals surface area contributed by atoms with Crippen molar-refractivity contribution < 1.29 is 23.7 Å². The van der Waals surface area contributed by atoms with E-state index in [9.17, 15) is 19.7 Å². The second kappa shape index (κ2) is 10.0. The van der Waals surface area contributed by atoms with Crippen molar-refractivity contribution in [1.82, 2.24) is 15.5 Å². The number of esters is 1. The highest BCUT2D eigenvalue weighted by Crippen LogP contribution is 2.25. The highest BCUT2D eigenvalue weighted by atomic mass is 16.6. The molecule has 10 heteroatoms. The third-order valence-electron chi connectivity index (χ3n) is 4.89. The molecular formula is C23H24N4O6. The molecule has 0 aliphatic carbocycles. The molecule has 0 spiro atoms. The quantitative estimate of drug-likeness (QED) is 0.307. The number of nitrogens with zero attached hydrogens (tertiary/aromatic N) is 3. The van der Waals surface area contributed by atoms with Crippen LogP contribution < -0.4 is 5.32 Å². The summed E-state index contributed by atoms with van der Waals surface area (Å²) in [6, 6.07) is 11.8. The Morgan fingerprint density at radius 3 is 2.39 bits per heavy atom. The number of aryl methyl sites for hydroxylation is 1. The van der Waals surface area contributed by atoms with E-state index < -0.39 is 23.0 Å². The number of hydrogen-bond donors (Lipinski definition) is 1. The van der Waals surface area contributed by atoms with Crippen LogP contribution in [0, 0.1) is 23.0 Å². The van der Waals surface area contributed by atoms with E-state index in [-0.39, 0.29) is 29.3 Å². The molecule has 2 aromatic carbocycles. The Bertz CT molecular complexity index is 1160. The summed E-state index contributed by atoms with van der Waals surface area (Å²) in [6.07, 6.45) is -0.867. The van der Waals surface area contributed by atoms with Crippen LogP contribution >= 0.6 is 0 Å². The lowest BCUT2D eigenvalue weighted by Gasteiger charge is -2.22. The number of ether oxygens (including phenoxy) is 1. The average Bonchev–Trinajstić information content (AvgIpc) is 3.27. The molecular weight excluding hydrogens is 428 g/mol. The zero-order valence-electron chi connectivity index (χ0n) is 18.6. The molecule has 0 radical (unpaired) electrons. The fourth-order valence-electron chi connectivity index (χ4n) is 3.05. The number of amides is 1. The van der Waals surface area contributed by atoms with Crippen LogP contribution in [0.2, 0.25) is 0 Å². The van der Waals surface area contributed by atoms with E-state index >= 15 is 0 Å². The third kappa shape index (κ3) is 5.79. The number of rotatable bonds is 8.